The molecule has 2 aromatic rings. The first-order valence-corrected chi connectivity index (χ1v) is 8.83. The maximum Gasteiger partial charge on any atom is 0.239 e. The average Bonchev–Trinajstić information content (AvgIpc) is 2.65. The van der Waals surface area contributed by atoms with Crippen molar-refractivity contribution in [2.75, 3.05) is 26.0 Å². The Balaban J connectivity index is 1.82. The second kappa shape index (κ2) is 9.61. The standard InChI is InChI=1S/C21H27N3O2/c1-16(18-9-5-4-6-10-18)23-20(25)15-22-19-11-7-8-17(14-19)12-13-21(26)24(2)3/h4-11,14,16,22H,12-13,15H2,1-3H3,(H,23,25). The summed E-state index contributed by atoms with van der Waals surface area (Å²) in [7, 11) is 3.52. The highest BCUT2D eigenvalue weighted by Crippen LogP contribution is 2.13. The van der Waals surface area contributed by atoms with E-state index in [4.69, 9.17) is 0 Å². The molecule has 2 N–H and O–H groups in total. The molecule has 2 rings (SSSR count). The lowest BCUT2D eigenvalue weighted by Gasteiger charge is -2.15. The molecule has 0 aliphatic heterocycles. The van der Waals surface area contributed by atoms with Crippen LogP contribution in [-0.4, -0.2) is 37.4 Å². The fraction of sp³-hybridized carbons (Fsp3) is 0.333. The first kappa shape index (κ1) is 19.5. The molecule has 0 spiro atoms. The molecule has 0 aliphatic carbocycles. The van der Waals surface area contributed by atoms with E-state index < -0.39 is 0 Å². The summed E-state index contributed by atoms with van der Waals surface area (Å²) < 4.78 is 0. The molecule has 0 saturated heterocycles. The van der Waals surface area contributed by atoms with Gasteiger partial charge in [0.2, 0.25) is 11.8 Å². The van der Waals surface area contributed by atoms with Crippen molar-refractivity contribution in [3.05, 3.63) is 65.7 Å². The lowest BCUT2D eigenvalue weighted by atomic mass is 10.1. The maximum absolute atomic E-state index is 12.2. The molecule has 0 fully saturated rings. The van der Waals surface area contributed by atoms with E-state index in [0.29, 0.717) is 12.8 Å². The van der Waals surface area contributed by atoms with Gasteiger partial charge in [0.1, 0.15) is 0 Å². The minimum Gasteiger partial charge on any atom is -0.376 e. The SMILES string of the molecule is CC(NC(=O)CNc1cccc(CCC(=O)N(C)C)c1)c1ccccc1. The molecular formula is C21H27N3O2. The van der Waals surface area contributed by atoms with E-state index in [1.54, 1.807) is 19.0 Å². The van der Waals surface area contributed by atoms with Crippen LogP contribution >= 0.6 is 0 Å². The summed E-state index contributed by atoms with van der Waals surface area (Å²) in [6, 6.07) is 17.7. The van der Waals surface area contributed by atoms with E-state index in [2.05, 4.69) is 10.6 Å². The Morgan fingerprint density at radius 2 is 1.77 bits per heavy atom. The van der Waals surface area contributed by atoms with Crippen molar-refractivity contribution < 1.29 is 9.59 Å². The van der Waals surface area contributed by atoms with Gasteiger partial charge in [-0.25, -0.2) is 0 Å². The van der Waals surface area contributed by atoms with E-state index in [1.807, 2.05) is 61.5 Å². The monoisotopic (exact) mass is 353 g/mol. The Morgan fingerprint density at radius 1 is 1.04 bits per heavy atom. The van der Waals surface area contributed by atoms with Crippen LogP contribution in [0.15, 0.2) is 54.6 Å². The topological polar surface area (TPSA) is 61.4 Å². The molecule has 1 unspecified atom stereocenters. The van der Waals surface area contributed by atoms with Gasteiger partial charge in [0.05, 0.1) is 12.6 Å². The fourth-order valence-corrected chi connectivity index (χ4v) is 2.61. The normalized spacial score (nSPS) is 11.5. The summed E-state index contributed by atoms with van der Waals surface area (Å²) in [4.78, 5) is 25.4. The molecule has 5 heteroatoms. The van der Waals surface area contributed by atoms with Crippen molar-refractivity contribution in [3.63, 3.8) is 0 Å². The Hall–Kier alpha value is -2.82. The number of amides is 2. The third kappa shape index (κ3) is 6.24. The third-order valence-corrected chi connectivity index (χ3v) is 4.18. The molecule has 2 amide bonds. The quantitative estimate of drug-likeness (QED) is 0.767. The van der Waals surface area contributed by atoms with Crippen LogP contribution in [0.2, 0.25) is 0 Å². The molecule has 0 aliphatic rings. The molecule has 0 saturated carbocycles. The van der Waals surface area contributed by atoms with Crippen molar-refractivity contribution in [3.8, 4) is 0 Å². The van der Waals surface area contributed by atoms with Crippen LogP contribution in [0.5, 0.6) is 0 Å². The average molecular weight is 353 g/mol. The van der Waals surface area contributed by atoms with Crippen molar-refractivity contribution in [1.82, 2.24) is 10.2 Å². The molecule has 0 aromatic heterocycles. The highest BCUT2D eigenvalue weighted by molar-refractivity contribution is 5.81. The van der Waals surface area contributed by atoms with Crippen molar-refractivity contribution in [2.24, 2.45) is 0 Å². The molecular weight excluding hydrogens is 326 g/mol. The summed E-state index contributed by atoms with van der Waals surface area (Å²) >= 11 is 0. The zero-order chi connectivity index (χ0) is 18.9. The molecule has 26 heavy (non-hydrogen) atoms. The van der Waals surface area contributed by atoms with Crippen LogP contribution in [0.1, 0.15) is 30.5 Å². The van der Waals surface area contributed by atoms with Gasteiger partial charge < -0.3 is 15.5 Å². The second-order valence-corrected chi connectivity index (χ2v) is 6.54. The highest BCUT2D eigenvalue weighted by atomic mass is 16.2. The van der Waals surface area contributed by atoms with E-state index in [-0.39, 0.29) is 24.4 Å². The first-order chi connectivity index (χ1) is 12.5. The zero-order valence-electron chi connectivity index (χ0n) is 15.7. The van der Waals surface area contributed by atoms with Crippen LogP contribution in [0, 0.1) is 0 Å². The lowest BCUT2D eigenvalue weighted by Crippen LogP contribution is -2.32. The van der Waals surface area contributed by atoms with Crippen LogP contribution in [0.4, 0.5) is 5.69 Å². The maximum atomic E-state index is 12.2. The van der Waals surface area contributed by atoms with Crippen LogP contribution in [-0.2, 0) is 16.0 Å². The zero-order valence-corrected chi connectivity index (χ0v) is 15.7. The van der Waals surface area contributed by atoms with Gasteiger partial charge in [-0.2, -0.15) is 0 Å². The number of carbonyl (C=O) groups excluding carboxylic acids is 2. The van der Waals surface area contributed by atoms with Crippen molar-refractivity contribution >= 4 is 17.5 Å². The molecule has 0 bridgehead atoms. The number of hydrogen-bond donors (Lipinski definition) is 2. The van der Waals surface area contributed by atoms with E-state index in [1.165, 1.54) is 0 Å². The summed E-state index contributed by atoms with van der Waals surface area (Å²) in [6.07, 6.45) is 1.16. The highest BCUT2D eigenvalue weighted by Gasteiger charge is 2.09. The third-order valence-electron chi connectivity index (χ3n) is 4.18. The van der Waals surface area contributed by atoms with E-state index in [9.17, 15) is 9.59 Å². The Labute approximate surface area is 155 Å². The van der Waals surface area contributed by atoms with Gasteiger partial charge in [0.25, 0.3) is 0 Å². The number of anilines is 1. The van der Waals surface area contributed by atoms with Gasteiger partial charge in [0, 0.05) is 26.2 Å². The minimum absolute atomic E-state index is 0.0334. The van der Waals surface area contributed by atoms with E-state index in [0.717, 1.165) is 16.8 Å². The first-order valence-electron chi connectivity index (χ1n) is 8.83. The Morgan fingerprint density at radius 3 is 2.46 bits per heavy atom. The summed E-state index contributed by atoms with van der Waals surface area (Å²) in [5.74, 6) is 0.0483. The number of hydrogen-bond acceptors (Lipinski definition) is 3. The van der Waals surface area contributed by atoms with Gasteiger partial charge in [-0.15, -0.1) is 0 Å². The number of aryl methyl sites for hydroxylation is 1. The second-order valence-electron chi connectivity index (χ2n) is 6.54. The van der Waals surface area contributed by atoms with Gasteiger partial charge >= 0.3 is 0 Å². The van der Waals surface area contributed by atoms with Crippen LogP contribution < -0.4 is 10.6 Å². The predicted molar refractivity (Wildman–Crippen MR) is 105 cm³/mol. The Bertz CT molecular complexity index is 729. The van der Waals surface area contributed by atoms with Gasteiger partial charge in [-0.05, 0) is 36.6 Å². The smallest absolute Gasteiger partial charge is 0.239 e. The molecule has 1 atom stereocenters. The molecule has 138 valence electrons. The minimum atomic E-state index is -0.0606. The fourth-order valence-electron chi connectivity index (χ4n) is 2.61. The molecule has 2 aromatic carbocycles. The van der Waals surface area contributed by atoms with Gasteiger partial charge in [0.15, 0.2) is 0 Å². The van der Waals surface area contributed by atoms with Crippen molar-refractivity contribution in [2.45, 2.75) is 25.8 Å². The summed E-state index contributed by atoms with van der Waals surface area (Å²) in [5.41, 5.74) is 3.03. The number of carbonyl (C=O) groups is 2. The number of benzene rings is 2. The summed E-state index contributed by atoms with van der Waals surface area (Å²) in [5, 5.41) is 6.13. The van der Waals surface area contributed by atoms with Crippen molar-refractivity contribution in [1.29, 1.82) is 0 Å². The van der Waals surface area contributed by atoms with Gasteiger partial charge in [-0.1, -0.05) is 42.5 Å². The largest absolute Gasteiger partial charge is 0.376 e. The van der Waals surface area contributed by atoms with E-state index >= 15 is 0 Å². The summed E-state index contributed by atoms with van der Waals surface area (Å²) in [6.45, 7) is 2.17. The van der Waals surface area contributed by atoms with Crippen LogP contribution in [0.25, 0.3) is 0 Å². The number of rotatable bonds is 8. The number of nitrogens with zero attached hydrogens (tertiary/aromatic N) is 1. The predicted octanol–water partition coefficient (Wildman–Crippen LogP) is 3.00. The lowest BCUT2D eigenvalue weighted by molar-refractivity contribution is -0.128. The Kier molecular flexibility index (Phi) is 7.21. The molecule has 5 nitrogen and oxygen atoms in total. The van der Waals surface area contributed by atoms with Gasteiger partial charge in [-0.3, -0.25) is 9.59 Å². The number of nitrogens with one attached hydrogen (secondary N) is 2. The molecule has 0 radical (unpaired) electrons. The molecule has 0 heterocycles. The van der Waals surface area contributed by atoms with Crippen LogP contribution in [0.3, 0.4) is 0 Å².